The fraction of sp³-hybridized carbons (Fsp3) is 0.280. The van der Waals surface area contributed by atoms with E-state index >= 15 is 0 Å². The number of ether oxygens (including phenoxy) is 1. The van der Waals surface area contributed by atoms with Crippen molar-refractivity contribution in [1.29, 1.82) is 5.26 Å². The highest BCUT2D eigenvalue weighted by Crippen LogP contribution is 2.42. The molecular weight excluding hydrogens is 463 g/mol. The summed E-state index contributed by atoms with van der Waals surface area (Å²) in [4.78, 5) is 13.2. The van der Waals surface area contributed by atoms with Crippen molar-refractivity contribution in [2.24, 2.45) is 0 Å². The van der Waals surface area contributed by atoms with Gasteiger partial charge in [0.15, 0.2) is 0 Å². The van der Waals surface area contributed by atoms with Crippen molar-refractivity contribution in [1.82, 2.24) is 5.32 Å². The van der Waals surface area contributed by atoms with Crippen LogP contribution in [0.15, 0.2) is 70.4 Å². The number of thioether (sulfide) groups is 1. The van der Waals surface area contributed by atoms with E-state index in [1.54, 1.807) is 12.1 Å². The molecule has 1 aliphatic rings. The summed E-state index contributed by atoms with van der Waals surface area (Å²) in [5, 5.41) is 15.4. The van der Waals surface area contributed by atoms with Gasteiger partial charge in [-0.2, -0.15) is 5.26 Å². The van der Waals surface area contributed by atoms with Crippen LogP contribution >= 0.6 is 35.0 Å². The van der Waals surface area contributed by atoms with E-state index in [1.807, 2.05) is 64.1 Å². The van der Waals surface area contributed by atoms with Crippen LogP contribution < -0.4 is 5.32 Å². The van der Waals surface area contributed by atoms with Gasteiger partial charge in [-0.1, -0.05) is 47.5 Å². The summed E-state index contributed by atoms with van der Waals surface area (Å²) in [5.74, 6) is -0.356. The van der Waals surface area contributed by atoms with Crippen LogP contribution in [0.1, 0.15) is 44.7 Å². The van der Waals surface area contributed by atoms with Crippen LogP contribution in [0.5, 0.6) is 0 Å². The molecule has 0 aromatic heterocycles. The van der Waals surface area contributed by atoms with Crippen LogP contribution in [-0.2, 0) is 15.3 Å². The van der Waals surface area contributed by atoms with Gasteiger partial charge in [0.05, 0.1) is 28.2 Å². The van der Waals surface area contributed by atoms with Crippen molar-refractivity contribution in [2.45, 2.75) is 45.0 Å². The number of esters is 1. The third kappa shape index (κ3) is 5.89. The van der Waals surface area contributed by atoms with Gasteiger partial charge in [0.1, 0.15) is 5.60 Å². The molecule has 0 saturated carbocycles. The highest BCUT2D eigenvalue weighted by atomic mass is 35.5. The maximum Gasteiger partial charge on any atom is 0.337 e. The molecule has 2 aromatic rings. The van der Waals surface area contributed by atoms with E-state index < -0.39 is 17.5 Å². The molecule has 3 rings (SSSR count). The number of nitrogens with one attached hydrogen (secondary N) is 1. The lowest BCUT2D eigenvalue weighted by Crippen LogP contribution is -2.32. The Morgan fingerprint density at radius 2 is 1.66 bits per heavy atom. The number of hydrogen-bond acceptors (Lipinski definition) is 5. The number of halogens is 2. The van der Waals surface area contributed by atoms with Gasteiger partial charge in [0.2, 0.25) is 0 Å². The van der Waals surface area contributed by atoms with Gasteiger partial charge in [-0.05, 0) is 63.1 Å². The van der Waals surface area contributed by atoms with E-state index in [-0.39, 0.29) is 0 Å². The summed E-state index contributed by atoms with van der Waals surface area (Å²) in [6, 6.07) is 17.1. The summed E-state index contributed by atoms with van der Waals surface area (Å²) in [6.07, 6.45) is 0. The average molecular weight is 487 g/mol. The minimum absolute atomic E-state index is 0.426. The van der Waals surface area contributed by atoms with Crippen LogP contribution in [0.25, 0.3) is 0 Å². The zero-order chi connectivity index (χ0) is 23.5. The largest absolute Gasteiger partial charge is 0.457 e. The molecule has 166 valence electrons. The lowest BCUT2D eigenvalue weighted by Gasteiger charge is -2.31. The van der Waals surface area contributed by atoms with Crippen molar-refractivity contribution >= 4 is 40.9 Å². The molecule has 1 aliphatic heterocycles. The van der Waals surface area contributed by atoms with Gasteiger partial charge in [-0.25, -0.2) is 4.79 Å². The molecule has 0 spiro atoms. The molecule has 1 N–H and O–H groups in total. The van der Waals surface area contributed by atoms with E-state index in [2.05, 4.69) is 11.4 Å². The van der Waals surface area contributed by atoms with Gasteiger partial charge in [-0.15, -0.1) is 11.8 Å². The van der Waals surface area contributed by atoms with E-state index in [0.717, 1.165) is 11.1 Å². The standard InChI is InChI=1S/C25H24Cl2N2O2S/c1-15-21(24(30)31-25(2,3)4)22(17-7-11-19(27)12-8-17)20(13-28)23(29-15)32-14-16-5-9-18(26)10-6-16/h5-12,22,29H,14H2,1-4H3. The molecule has 0 radical (unpaired) electrons. The van der Waals surface area contributed by atoms with E-state index in [0.29, 0.717) is 37.7 Å². The topological polar surface area (TPSA) is 62.1 Å². The molecule has 1 heterocycles. The molecular formula is C25H24Cl2N2O2S. The Hall–Kier alpha value is -2.39. The zero-order valence-electron chi connectivity index (χ0n) is 18.3. The third-order valence-electron chi connectivity index (χ3n) is 4.77. The van der Waals surface area contributed by atoms with Crippen molar-refractivity contribution < 1.29 is 9.53 Å². The second-order valence-electron chi connectivity index (χ2n) is 8.42. The highest BCUT2D eigenvalue weighted by molar-refractivity contribution is 8.02. The Balaban J connectivity index is 2.02. The van der Waals surface area contributed by atoms with Crippen molar-refractivity contribution in [2.75, 3.05) is 0 Å². The van der Waals surface area contributed by atoms with E-state index in [9.17, 15) is 10.1 Å². The summed E-state index contributed by atoms with van der Waals surface area (Å²) in [7, 11) is 0. The first-order valence-corrected chi connectivity index (χ1v) is 11.8. The van der Waals surface area contributed by atoms with Gasteiger partial charge in [-0.3, -0.25) is 0 Å². The Morgan fingerprint density at radius 3 is 2.19 bits per heavy atom. The van der Waals surface area contributed by atoms with Crippen molar-refractivity contribution in [3.63, 3.8) is 0 Å². The molecule has 7 heteroatoms. The number of benzene rings is 2. The summed E-state index contributed by atoms with van der Waals surface area (Å²) >= 11 is 13.6. The lowest BCUT2D eigenvalue weighted by molar-refractivity contribution is -0.150. The monoisotopic (exact) mass is 486 g/mol. The minimum atomic E-state index is -0.658. The Labute approximate surface area is 203 Å². The molecule has 4 nitrogen and oxygen atoms in total. The van der Waals surface area contributed by atoms with Gasteiger partial charge < -0.3 is 10.1 Å². The van der Waals surface area contributed by atoms with Crippen LogP contribution in [0.4, 0.5) is 0 Å². The molecule has 2 aromatic carbocycles. The molecule has 0 bridgehead atoms. The Bertz CT molecular complexity index is 1110. The lowest BCUT2D eigenvalue weighted by atomic mass is 9.82. The smallest absolute Gasteiger partial charge is 0.337 e. The Morgan fingerprint density at radius 1 is 1.09 bits per heavy atom. The first-order valence-electron chi connectivity index (χ1n) is 10.1. The number of rotatable bonds is 5. The zero-order valence-corrected chi connectivity index (χ0v) is 20.7. The van der Waals surface area contributed by atoms with Crippen LogP contribution in [-0.4, -0.2) is 11.6 Å². The van der Waals surface area contributed by atoms with Crippen molar-refractivity contribution in [3.8, 4) is 6.07 Å². The average Bonchev–Trinajstić information content (AvgIpc) is 2.72. The maximum atomic E-state index is 13.2. The maximum absolute atomic E-state index is 13.2. The normalized spacial score (nSPS) is 16.5. The van der Waals surface area contributed by atoms with Crippen LogP contribution in [0.2, 0.25) is 10.0 Å². The quantitative estimate of drug-likeness (QED) is 0.462. The number of carbonyl (C=O) groups excluding carboxylic acids is 1. The minimum Gasteiger partial charge on any atom is -0.457 e. The van der Waals surface area contributed by atoms with Crippen LogP contribution in [0.3, 0.4) is 0 Å². The van der Waals surface area contributed by atoms with Crippen LogP contribution in [0, 0.1) is 11.3 Å². The number of nitriles is 1. The predicted octanol–water partition coefficient (Wildman–Crippen LogP) is 6.96. The molecule has 0 saturated heterocycles. The molecule has 0 amide bonds. The number of allylic oxidation sites excluding steroid dienone is 2. The molecule has 32 heavy (non-hydrogen) atoms. The predicted molar refractivity (Wildman–Crippen MR) is 131 cm³/mol. The van der Waals surface area contributed by atoms with E-state index in [1.165, 1.54) is 11.8 Å². The van der Waals surface area contributed by atoms with E-state index in [4.69, 9.17) is 27.9 Å². The number of dihydropyridines is 1. The van der Waals surface area contributed by atoms with Gasteiger partial charge in [0.25, 0.3) is 0 Å². The second kappa shape index (κ2) is 10.0. The molecule has 1 atom stereocenters. The first-order chi connectivity index (χ1) is 15.1. The molecule has 0 fully saturated rings. The van der Waals surface area contributed by atoms with Crippen molar-refractivity contribution in [3.05, 3.63) is 91.6 Å². The SMILES string of the molecule is CC1=C(C(=O)OC(C)(C)C)C(c2ccc(Cl)cc2)C(C#N)=C(SCc2ccc(Cl)cc2)N1. The third-order valence-corrected chi connectivity index (χ3v) is 6.36. The van der Waals surface area contributed by atoms with Gasteiger partial charge in [0, 0.05) is 21.5 Å². The first kappa shape index (κ1) is 24.3. The highest BCUT2D eigenvalue weighted by Gasteiger charge is 2.36. The Kier molecular flexibility index (Phi) is 7.61. The summed E-state index contributed by atoms with van der Waals surface area (Å²) in [6.45, 7) is 7.30. The summed E-state index contributed by atoms with van der Waals surface area (Å²) < 4.78 is 5.68. The fourth-order valence-corrected chi connectivity index (χ4v) is 4.65. The van der Waals surface area contributed by atoms with Gasteiger partial charge >= 0.3 is 5.97 Å². The number of hydrogen-bond donors (Lipinski definition) is 1. The number of nitrogens with zero attached hydrogens (tertiary/aromatic N) is 1. The number of carbonyl (C=O) groups is 1. The molecule has 1 unspecified atom stereocenters. The second-order valence-corrected chi connectivity index (χ2v) is 10.3. The fourth-order valence-electron chi connectivity index (χ4n) is 3.35. The summed E-state index contributed by atoms with van der Waals surface area (Å²) in [5.41, 5.74) is 2.78. The molecule has 0 aliphatic carbocycles.